The standard InChI is InChI=1S/C13H13Cl2N3O2/c14-10-2-3-12(11(15)6-10)18-8-9(7-17-18)13(20)16-4-1-5-19/h2-3,6-8,19H,1,4-5H2,(H,16,20). The van der Waals surface area contributed by atoms with E-state index in [1.54, 1.807) is 24.4 Å². The van der Waals surface area contributed by atoms with E-state index in [1.807, 2.05) is 0 Å². The van der Waals surface area contributed by atoms with Crippen molar-refractivity contribution < 1.29 is 9.90 Å². The topological polar surface area (TPSA) is 67.2 Å². The Kier molecular flexibility index (Phi) is 5.00. The number of carbonyl (C=O) groups excluding carboxylic acids is 1. The molecule has 0 saturated heterocycles. The highest BCUT2D eigenvalue weighted by atomic mass is 35.5. The number of aliphatic hydroxyl groups is 1. The summed E-state index contributed by atoms with van der Waals surface area (Å²) in [6.45, 7) is 0.460. The van der Waals surface area contributed by atoms with Gasteiger partial charge in [0.25, 0.3) is 5.91 Å². The fraction of sp³-hybridized carbons (Fsp3) is 0.231. The summed E-state index contributed by atoms with van der Waals surface area (Å²) < 4.78 is 1.51. The van der Waals surface area contributed by atoms with Crippen LogP contribution in [0, 0.1) is 0 Å². The minimum Gasteiger partial charge on any atom is -0.396 e. The normalized spacial score (nSPS) is 10.6. The number of hydrogen-bond donors (Lipinski definition) is 2. The maximum Gasteiger partial charge on any atom is 0.254 e. The van der Waals surface area contributed by atoms with E-state index in [4.69, 9.17) is 28.3 Å². The Bertz CT molecular complexity index is 613. The molecule has 2 N–H and O–H groups in total. The van der Waals surface area contributed by atoms with Crippen molar-refractivity contribution in [1.29, 1.82) is 0 Å². The van der Waals surface area contributed by atoms with Gasteiger partial charge in [-0.3, -0.25) is 4.79 Å². The van der Waals surface area contributed by atoms with Crippen LogP contribution in [0.3, 0.4) is 0 Å². The molecule has 20 heavy (non-hydrogen) atoms. The van der Waals surface area contributed by atoms with E-state index in [1.165, 1.54) is 10.9 Å². The van der Waals surface area contributed by atoms with Crippen molar-refractivity contribution in [2.24, 2.45) is 0 Å². The van der Waals surface area contributed by atoms with Crippen molar-refractivity contribution in [2.75, 3.05) is 13.2 Å². The van der Waals surface area contributed by atoms with Crippen LogP contribution in [0.25, 0.3) is 5.69 Å². The van der Waals surface area contributed by atoms with Crippen LogP contribution in [0.4, 0.5) is 0 Å². The van der Waals surface area contributed by atoms with E-state index in [0.717, 1.165) is 0 Å². The molecule has 0 aliphatic heterocycles. The lowest BCUT2D eigenvalue weighted by Crippen LogP contribution is -2.24. The molecule has 0 bridgehead atoms. The predicted molar refractivity (Wildman–Crippen MR) is 77.6 cm³/mol. The number of nitrogens with one attached hydrogen (secondary N) is 1. The highest BCUT2D eigenvalue weighted by molar-refractivity contribution is 6.35. The molecule has 1 aromatic heterocycles. The summed E-state index contributed by atoms with van der Waals surface area (Å²) in [4.78, 5) is 11.8. The Balaban J connectivity index is 2.14. The molecule has 1 aromatic carbocycles. The summed E-state index contributed by atoms with van der Waals surface area (Å²) in [6.07, 6.45) is 3.56. The average molecular weight is 314 g/mol. The molecule has 0 fully saturated rings. The van der Waals surface area contributed by atoms with Gasteiger partial charge in [0.15, 0.2) is 0 Å². The van der Waals surface area contributed by atoms with Crippen LogP contribution in [-0.2, 0) is 0 Å². The van der Waals surface area contributed by atoms with Crippen molar-refractivity contribution in [2.45, 2.75) is 6.42 Å². The van der Waals surface area contributed by atoms with Gasteiger partial charge in [0.05, 0.1) is 22.5 Å². The summed E-state index contributed by atoms with van der Waals surface area (Å²) in [7, 11) is 0. The molecule has 0 unspecified atom stereocenters. The van der Waals surface area contributed by atoms with Crippen LogP contribution in [0.5, 0.6) is 0 Å². The second-order valence-electron chi connectivity index (χ2n) is 4.10. The first-order valence-electron chi connectivity index (χ1n) is 6.01. The summed E-state index contributed by atoms with van der Waals surface area (Å²) in [5.41, 5.74) is 1.07. The van der Waals surface area contributed by atoms with E-state index in [9.17, 15) is 4.79 Å². The van der Waals surface area contributed by atoms with E-state index in [0.29, 0.717) is 34.3 Å². The lowest BCUT2D eigenvalue weighted by molar-refractivity contribution is 0.0951. The highest BCUT2D eigenvalue weighted by Crippen LogP contribution is 2.24. The first-order chi connectivity index (χ1) is 9.61. The summed E-state index contributed by atoms with van der Waals surface area (Å²) in [5.74, 6) is -0.241. The summed E-state index contributed by atoms with van der Waals surface area (Å²) in [6, 6.07) is 5.04. The Labute approximate surface area is 126 Å². The monoisotopic (exact) mass is 313 g/mol. The average Bonchev–Trinajstić information content (AvgIpc) is 2.88. The SMILES string of the molecule is O=C(NCCCO)c1cnn(-c2ccc(Cl)cc2Cl)c1. The minimum absolute atomic E-state index is 0.0416. The molecule has 106 valence electrons. The van der Waals surface area contributed by atoms with E-state index >= 15 is 0 Å². The number of nitrogens with zero attached hydrogens (tertiary/aromatic N) is 2. The quantitative estimate of drug-likeness (QED) is 0.832. The molecular formula is C13H13Cl2N3O2. The van der Waals surface area contributed by atoms with Gasteiger partial charge >= 0.3 is 0 Å². The van der Waals surface area contributed by atoms with Crippen molar-refractivity contribution >= 4 is 29.1 Å². The third kappa shape index (κ3) is 3.50. The third-order valence-electron chi connectivity index (χ3n) is 2.62. The summed E-state index contributed by atoms with van der Waals surface area (Å²) >= 11 is 11.9. The van der Waals surface area contributed by atoms with Gasteiger partial charge in [-0.1, -0.05) is 23.2 Å². The van der Waals surface area contributed by atoms with Gasteiger partial charge in [-0.15, -0.1) is 0 Å². The fourth-order valence-corrected chi connectivity index (χ4v) is 2.12. The smallest absolute Gasteiger partial charge is 0.254 e. The van der Waals surface area contributed by atoms with Crippen molar-refractivity contribution in [3.63, 3.8) is 0 Å². The van der Waals surface area contributed by atoms with Crippen molar-refractivity contribution in [3.05, 3.63) is 46.2 Å². The first kappa shape index (κ1) is 14.8. The molecule has 0 aliphatic carbocycles. The zero-order valence-electron chi connectivity index (χ0n) is 10.5. The Morgan fingerprint density at radius 3 is 2.90 bits per heavy atom. The van der Waals surface area contributed by atoms with Crippen molar-refractivity contribution in [3.8, 4) is 5.69 Å². The van der Waals surface area contributed by atoms with Gasteiger partial charge in [0.2, 0.25) is 0 Å². The zero-order valence-corrected chi connectivity index (χ0v) is 12.0. The fourth-order valence-electron chi connectivity index (χ4n) is 1.62. The number of hydrogen-bond acceptors (Lipinski definition) is 3. The van der Waals surface area contributed by atoms with Crippen LogP contribution in [0.2, 0.25) is 10.0 Å². The molecule has 5 nitrogen and oxygen atoms in total. The third-order valence-corrected chi connectivity index (χ3v) is 3.16. The molecule has 0 spiro atoms. The number of aromatic nitrogens is 2. The zero-order chi connectivity index (χ0) is 14.5. The second-order valence-corrected chi connectivity index (χ2v) is 4.95. The van der Waals surface area contributed by atoms with Crippen LogP contribution in [0.15, 0.2) is 30.6 Å². The number of benzene rings is 1. The molecular weight excluding hydrogens is 301 g/mol. The van der Waals surface area contributed by atoms with Gasteiger partial charge in [-0.25, -0.2) is 4.68 Å². The molecule has 0 saturated carbocycles. The largest absolute Gasteiger partial charge is 0.396 e. The first-order valence-corrected chi connectivity index (χ1v) is 6.76. The molecule has 1 heterocycles. The van der Waals surface area contributed by atoms with Gasteiger partial charge < -0.3 is 10.4 Å². The Hall–Kier alpha value is -1.56. The molecule has 1 amide bonds. The predicted octanol–water partition coefficient (Wildman–Crippen LogP) is 2.29. The van der Waals surface area contributed by atoms with Crippen molar-refractivity contribution in [1.82, 2.24) is 15.1 Å². The minimum atomic E-state index is -0.241. The van der Waals surface area contributed by atoms with Crippen LogP contribution < -0.4 is 5.32 Å². The van der Waals surface area contributed by atoms with Crippen LogP contribution >= 0.6 is 23.2 Å². The number of amides is 1. The molecule has 0 aliphatic rings. The lowest BCUT2D eigenvalue weighted by atomic mass is 10.3. The van der Waals surface area contributed by atoms with E-state index in [-0.39, 0.29) is 12.5 Å². The van der Waals surface area contributed by atoms with Gasteiger partial charge in [-0.2, -0.15) is 5.10 Å². The molecule has 2 rings (SSSR count). The highest BCUT2D eigenvalue weighted by Gasteiger charge is 2.10. The van der Waals surface area contributed by atoms with E-state index in [2.05, 4.69) is 10.4 Å². The van der Waals surface area contributed by atoms with E-state index < -0.39 is 0 Å². The van der Waals surface area contributed by atoms with Gasteiger partial charge in [-0.05, 0) is 24.6 Å². The van der Waals surface area contributed by atoms with Crippen LogP contribution in [0.1, 0.15) is 16.8 Å². The maximum atomic E-state index is 11.8. The Morgan fingerprint density at radius 2 is 2.20 bits per heavy atom. The Morgan fingerprint density at radius 1 is 1.40 bits per heavy atom. The summed E-state index contributed by atoms with van der Waals surface area (Å²) in [5, 5.41) is 16.4. The number of rotatable bonds is 5. The molecule has 7 heteroatoms. The molecule has 2 aromatic rings. The lowest BCUT2D eigenvalue weighted by Gasteiger charge is -2.04. The second kappa shape index (κ2) is 6.74. The maximum absolute atomic E-state index is 11.8. The van der Waals surface area contributed by atoms with Crippen LogP contribution in [-0.4, -0.2) is 33.9 Å². The van der Waals surface area contributed by atoms with Gasteiger partial charge in [0.1, 0.15) is 0 Å². The number of carbonyl (C=O) groups is 1. The molecule has 0 radical (unpaired) electrons. The number of halogens is 2. The molecule has 0 atom stereocenters. The number of aliphatic hydroxyl groups excluding tert-OH is 1. The van der Waals surface area contributed by atoms with Gasteiger partial charge in [0, 0.05) is 24.4 Å².